The monoisotopic (exact) mass is 324 g/mol. The molecule has 1 N–H and O–H groups in total. The van der Waals surface area contributed by atoms with E-state index < -0.39 is 0 Å². The number of carbonyl (C=O) groups excluding carboxylic acids is 1. The zero-order valence-electron chi connectivity index (χ0n) is 13.3. The van der Waals surface area contributed by atoms with Crippen molar-refractivity contribution in [2.24, 2.45) is 0 Å². The number of carbonyl (C=O) groups is 1. The number of ether oxygens (including phenoxy) is 2. The summed E-state index contributed by atoms with van der Waals surface area (Å²) in [4.78, 5) is 13.9. The van der Waals surface area contributed by atoms with Crippen LogP contribution in [0.3, 0.4) is 0 Å². The van der Waals surface area contributed by atoms with E-state index in [1.807, 2.05) is 34.9 Å². The van der Waals surface area contributed by atoms with Gasteiger partial charge in [-0.25, -0.2) is 4.79 Å². The Bertz CT molecular complexity index is 490. The van der Waals surface area contributed by atoms with E-state index in [0.29, 0.717) is 6.54 Å². The van der Waals surface area contributed by atoms with Gasteiger partial charge >= 0.3 is 6.03 Å². The first kappa shape index (κ1) is 16.8. The molecule has 0 radical (unpaired) electrons. The number of thioether (sulfide) groups is 1. The van der Waals surface area contributed by atoms with E-state index in [1.165, 1.54) is 5.56 Å². The van der Waals surface area contributed by atoms with Crippen molar-refractivity contribution in [3.05, 3.63) is 23.8 Å². The van der Waals surface area contributed by atoms with Crippen LogP contribution in [0.1, 0.15) is 12.0 Å². The van der Waals surface area contributed by atoms with Crippen molar-refractivity contribution in [2.45, 2.75) is 12.8 Å². The van der Waals surface area contributed by atoms with Gasteiger partial charge in [0, 0.05) is 31.1 Å². The topological polar surface area (TPSA) is 50.8 Å². The molecule has 1 fully saturated rings. The van der Waals surface area contributed by atoms with Gasteiger partial charge in [-0.15, -0.1) is 0 Å². The van der Waals surface area contributed by atoms with E-state index in [2.05, 4.69) is 5.32 Å². The molecular formula is C16H24N2O3S. The van der Waals surface area contributed by atoms with Crippen molar-refractivity contribution in [3.63, 3.8) is 0 Å². The van der Waals surface area contributed by atoms with Crippen molar-refractivity contribution in [1.29, 1.82) is 0 Å². The third kappa shape index (κ3) is 4.73. The number of rotatable bonds is 6. The molecule has 6 heteroatoms. The summed E-state index contributed by atoms with van der Waals surface area (Å²) in [6.45, 7) is 2.40. The van der Waals surface area contributed by atoms with E-state index in [1.54, 1.807) is 14.2 Å². The lowest BCUT2D eigenvalue weighted by molar-refractivity contribution is 0.203. The van der Waals surface area contributed by atoms with E-state index in [4.69, 9.17) is 9.47 Å². The Labute approximate surface area is 136 Å². The number of hydrogen-bond donors (Lipinski definition) is 1. The zero-order valence-corrected chi connectivity index (χ0v) is 14.1. The molecule has 5 nitrogen and oxygen atoms in total. The number of amides is 2. The quantitative estimate of drug-likeness (QED) is 0.817. The van der Waals surface area contributed by atoms with Crippen LogP contribution >= 0.6 is 11.8 Å². The second-order valence-electron chi connectivity index (χ2n) is 5.12. The average molecular weight is 324 g/mol. The lowest BCUT2D eigenvalue weighted by atomic mass is 10.1. The molecule has 2 amide bonds. The number of methoxy groups -OCH3 is 2. The summed E-state index contributed by atoms with van der Waals surface area (Å²) in [6, 6.07) is 6.00. The molecule has 0 aromatic heterocycles. The predicted molar refractivity (Wildman–Crippen MR) is 90.2 cm³/mol. The maximum absolute atomic E-state index is 12.0. The van der Waals surface area contributed by atoms with Crippen molar-refractivity contribution in [3.8, 4) is 11.5 Å². The predicted octanol–water partition coefficient (Wildman–Crippen LogP) is 2.39. The van der Waals surface area contributed by atoms with Crippen LogP contribution in [0.2, 0.25) is 0 Å². The highest BCUT2D eigenvalue weighted by atomic mass is 32.2. The first-order valence-corrected chi connectivity index (χ1v) is 8.71. The van der Waals surface area contributed by atoms with Gasteiger partial charge in [0.2, 0.25) is 0 Å². The van der Waals surface area contributed by atoms with Crippen molar-refractivity contribution >= 4 is 17.8 Å². The smallest absolute Gasteiger partial charge is 0.317 e. The summed E-state index contributed by atoms with van der Waals surface area (Å²) in [5, 5.41) is 3.00. The largest absolute Gasteiger partial charge is 0.493 e. The third-order valence-corrected chi connectivity index (χ3v) is 4.61. The van der Waals surface area contributed by atoms with Crippen LogP contribution in [0.4, 0.5) is 4.79 Å². The van der Waals surface area contributed by atoms with Gasteiger partial charge in [0.1, 0.15) is 0 Å². The molecule has 0 saturated carbocycles. The first-order chi connectivity index (χ1) is 10.7. The Morgan fingerprint density at radius 1 is 1.23 bits per heavy atom. The summed E-state index contributed by atoms with van der Waals surface area (Å²) in [5.41, 5.74) is 1.18. The highest BCUT2D eigenvalue weighted by Gasteiger charge is 2.15. The van der Waals surface area contributed by atoms with E-state index in [9.17, 15) is 4.79 Å². The minimum Gasteiger partial charge on any atom is -0.493 e. The average Bonchev–Trinajstić information content (AvgIpc) is 2.59. The van der Waals surface area contributed by atoms with Gasteiger partial charge in [-0.1, -0.05) is 6.07 Å². The minimum atomic E-state index is 0.0626. The van der Waals surface area contributed by atoms with Crippen molar-refractivity contribution in [1.82, 2.24) is 10.2 Å². The molecule has 0 spiro atoms. The lowest BCUT2D eigenvalue weighted by Gasteiger charge is -2.26. The number of hydrogen-bond acceptors (Lipinski definition) is 4. The lowest BCUT2D eigenvalue weighted by Crippen LogP contribution is -2.44. The fourth-order valence-corrected chi connectivity index (χ4v) is 3.31. The zero-order chi connectivity index (χ0) is 15.8. The Balaban J connectivity index is 1.73. The Morgan fingerprint density at radius 2 is 1.95 bits per heavy atom. The van der Waals surface area contributed by atoms with Crippen LogP contribution < -0.4 is 14.8 Å². The molecule has 0 bridgehead atoms. The molecule has 0 atom stereocenters. The van der Waals surface area contributed by atoms with Crippen LogP contribution in [0, 0.1) is 0 Å². The normalized spacial score (nSPS) is 14.5. The summed E-state index contributed by atoms with van der Waals surface area (Å²) < 4.78 is 10.5. The van der Waals surface area contributed by atoms with E-state index >= 15 is 0 Å². The van der Waals surface area contributed by atoms with Gasteiger partial charge in [-0.05, 0) is 30.5 Å². The van der Waals surface area contributed by atoms with Crippen LogP contribution in [-0.2, 0) is 6.42 Å². The second kappa shape index (κ2) is 8.78. The minimum absolute atomic E-state index is 0.0626. The Morgan fingerprint density at radius 3 is 2.64 bits per heavy atom. The van der Waals surface area contributed by atoms with Crippen molar-refractivity contribution < 1.29 is 14.3 Å². The molecule has 2 rings (SSSR count). The molecule has 1 aromatic rings. The molecule has 1 heterocycles. The molecule has 22 heavy (non-hydrogen) atoms. The summed E-state index contributed by atoms with van der Waals surface area (Å²) in [6.07, 6.45) is 1.81. The maximum Gasteiger partial charge on any atom is 0.317 e. The SMILES string of the molecule is COc1ccc(CCCNC(=O)N2CCSCC2)cc1OC. The summed E-state index contributed by atoms with van der Waals surface area (Å²) >= 11 is 1.90. The number of nitrogens with zero attached hydrogens (tertiary/aromatic N) is 1. The molecule has 1 saturated heterocycles. The van der Waals surface area contributed by atoms with Gasteiger partial charge in [0.05, 0.1) is 14.2 Å². The van der Waals surface area contributed by atoms with E-state index in [0.717, 1.165) is 48.9 Å². The standard InChI is InChI=1S/C16H24N2O3S/c1-20-14-6-5-13(12-15(14)21-2)4-3-7-17-16(19)18-8-10-22-11-9-18/h5-6,12H,3-4,7-11H2,1-2H3,(H,17,19). The van der Waals surface area contributed by atoms with Gasteiger partial charge in [0.25, 0.3) is 0 Å². The number of aryl methyl sites for hydroxylation is 1. The van der Waals surface area contributed by atoms with E-state index in [-0.39, 0.29) is 6.03 Å². The highest BCUT2D eigenvalue weighted by Crippen LogP contribution is 2.27. The van der Waals surface area contributed by atoms with Crippen LogP contribution in [0.15, 0.2) is 18.2 Å². The Kier molecular flexibility index (Phi) is 6.71. The molecule has 1 aliphatic heterocycles. The number of urea groups is 1. The number of benzene rings is 1. The first-order valence-electron chi connectivity index (χ1n) is 7.56. The molecule has 1 aliphatic rings. The molecule has 1 aromatic carbocycles. The van der Waals surface area contributed by atoms with Crippen LogP contribution in [-0.4, -0.2) is 56.3 Å². The Hall–Kier alpha value is -1.56. The van der Waals surface area contributed by atoms with Gasteiger partial charge in [-0.3, -0.25) is 0 Å². The van der Waals surface area contributed by atoms with Crippen LogP contribution in [0.5, 0.6) is 11.5 Å². The summed E-state index contributed by atoms with van der Waals surface area (Å²) in [5.74, 6) is 3.57. The molecular weight excluding hydrogens is 300 g/mol. The summed E-state index contributed by atoms with van der Waals surface area (Å²) in [7, 11) is 3.27. The molecule has 0 unspecified atom stereocenters. The van der Waals surface area contributed by atoms with Gasteiger partial charge in [0.15, 0.2) is 11.5 Å². The fraction of sp³-hybridized carbons (Fsp3) is 0.562. The van der Waals surface area contributed by atoms with Crippen LogP contribution in [0.25, 0.3) is 0 Å². The highest BCUT2D eigenvalue weighted by molar-refractivity contribution is 7.99. The molecule has 122 valence electrons. The second-order valence-corrected chi connectivity index (χ2v) is 6.35. The van der Waals surface area contributed by atoms with Gasteiger partial charge in [-0.2, -0.15) is 11.8 Å². The van der Waals surface area contributed by atoms with Gasteiger partial charge < -0.3 is 19.7 Å². The molecule has 0 aliphatic carbocycles. The number of nitrogens with one attached hydrogen (secondary N) is 1. The fourth-order valence-electron chi connectivity index (χ4n) is 2.40. The van der Waals surface area contributed by atoms with Crippen molar-refractivity contribution in [2.75, 3.05) is 45.4 Å². The third-order valence-electron chi connectivity index (χ3n) is 3.66. The maximum atomic E-state index is 12.0.